The van der Waals surface area contributed by atoms with E-state index < -0.39 is 109 Å². The van der Waals surface area contributed by atoms with E-state index in [0.29, 0.717) is 6.54 Å². The van der Waals surface area contributed by atoms with Crippen LogP contribution in [0.5, 0.6) is 0 Å². The average Bonchev–Trinajstić information content (AvgIpc) is 3.65. The third kappa shape index (κ3) is 17.8. The number of hydrogen-bond donors (Lipinski definition) is 9. The molecule has 3 aliphatic rings. The minimum atomic E-state index is -5.08. The molecular formula is C40H62F6N6O15. The van der Waals surface area contributed by atoms with Crippen molar-refractivity contribution in [3.05, 3.63) is 44.9 Å². The number of aromatic nitrogens is 2. The van der Waals surface area contributed by atoms with Crippen LogP contribution in [0.1, 0.15) is 90.2 Å². The molecule has 27 heteroatoms. The van der Waals surface area contributed by atoms with Gasteiger partial charge in [-0.05, 0) is 19.5 Å². The van der Waals surface area contributed by atoms with Gasteiger partial charge in [0, 0.05) is 38.9 Å². The van der Waals surface area contributed by atoms with Crippen LogP contribution in [0.25, 0.3) is 0 Å². The Hall–Kier alpha value is -4.48. The molecule has 384 valence electrons. The van der Waals surface area contributed by atoms with Crippen LogP contribution in [0.2, 0.25) is 0 Å². The maximum Gasteiger partial charge on any atom is 0.490 e. The fourth-order valence-corrected chi connectivity index (χ4v) is 7.20. The van der Waals surface area contributed by atoms with E-state index in [1.54, 1.807) is 18.0 Å². The summed E-state index contributed by atoms with van der Waals surface area (Å²) in [5.41, 5.74) is 4.19. The third-order valence-electron chi connectivity index (χ3n) is 10.9. The maximum absolute atomic E-state index is 14.2. The van der Waals surface area contributed by atoms with E-state index in [9.17, 15) is 65.9 Å². The van der Waals surface area contributed by atoms with Crippen LogP contribution < -0.4 is 22.3 Å². The summed E-state index contributed by atoms with van der Waals surface area (Å²) in [6, 6.07) is -0.267. The number of unbranched alkanes of at least 4 members (excludes halogenated alkanes) is 11. The number of nitrogens with zero attached hydrogens (tertiary/aromatic N) is 3. The zero-order valence-electron chi connectivity index (χ0n) is 37.2. The van der Waals surface area contributed by atoms with Gasteiger partial charge < -0.3 is 60.8 Å². The van der Waals surface area contributed by atoms with E-state index >= 15 is 0 Å². The predicted molar refractivity (Wildman–Crippen MR) is 221 cm³/mol. The zero-order valence-corrected chi connectivity index (χ0v) is 37.2. The van der Waals surface area contributed by atoms with Gasteiger partial charge in [0.25, 0.3) is 11.5 Å². The van der Waals surface area contributed by atoms with E-state index in [1.807, 2.05) is 0 Å². The van der Waals surface area contributed by atoms with Gasteiger partial charge in [0.1, 0.15) is 54.5 Å². The Morgan fingerprint density at radius 2 is 1.33 bits per heavy atom. The van der Waals surface area contributed by atoms with Crippen molar-refractivity contribution in [1.29, 1.82) is 0 Å². The lowest BCUT2D eigenvalue weighted by atomic mass is 9.97. The number of alkyl halides is 6. The Bertz CT molecular complexity index is 1860. The van der Waals surface area contributed by atoms with Gasteiger partial charge in [0.15, 0.2) is 12.5 Å². The number of nitrogens with one attached hydrogen (secondary N) is 2. The highest BCUT2D eigenvalue weighted by Crippen LogP contribution is 2.36. The van der Waals surface area contributed by atoms with Gasteiger partial charge in [-0.2, -0.15) is 26.3 Å². The SMILES string of the molecule is CCCCCCCCCCCCCCNC(=O)C1=CCN(C)[C@@H]([C@H](O[C@@H]2O[C@H](CN)[C@@H](O)[C@H]2O)[C@H]2O[C@@H](n3ccc(=O)[nH]c3=O)[C@H](O)[C@@H]2O)C(=O)N1C.O=C(O)C(F)(F)F.O=C(O)C(F)(F)F. The van der Waals surface area contributed by atoms with Crippen molar-refractivity contribution in [2.24, 2.45) is 5.73 Å². The maximum atomic E-state index is 14.2. The molecule has 21 nitrogen and oxygen atoms in total. The van der Waals surface area contributed by atoms with Crippen molar-refractivity contribution in [3.8, 4) is 0 Å². The van der Waals surface area contributed by atoms with Gasteiger partial charge >= 0.3 is 30.0 Å². The molecule has 0 saturated carbocycles. The normalized spacial score (nSPS) is 26.1. The number of aliphatic hydroxyl groups is 4. The molecule has 0 aromatic carbocycles. The number of halogens is 6. The summed E-state index contributed by atoms with van der Waals surface area (Å²) in [6.07, 6.45) is -6.76. The second-order valence-corrected chi connectivity index (χ2v) is 16.0. The highest BCUT2D eigenvalue weighted by Gasteiger charge is 2.55. The van der Waals surface area contributed by atoms with Crippen LogP contribution in [0.3, 0.4) is 0 Å². The Labute approximate surface area is 380 Å². The molecule has 1 aromatic heterocycles. The molecule has 0 aliphatic carbocycles. The number of carbonyl (C=O) groups is 4. The molecule has 2 fully saturated rings. The summed E-state index contributed by atoms with van der Waals surface area (Å²) in [4.78, 5) is 74.4. The smallest absolute Gasteiger partial charge is 0.475 e. The summed E-state index contributed by atoms with van der Waals surface area (Å²) >= 11 is 0. The Morgan fingerprint density at radius 3 is 1.79 bits per heavy atom. The lowest BCUT2D eigenvalue weighted by Gasteiger charge is -2.38. The molecule has 67 heavy (non-hydrogen) atoms. The van der Waals surface area contributed by atoms with Crippen molar-refractivity contribution in [3.63, 3.8) is 0 Å². The van der Waals surface area contributed by atoms with Crippen molar-refractivity contribution in [2.75, 3.05) is 33.7 Å². The lowest BCUT2D eigenvalue weighted by Crippen LogP contribution is -2.59. The molecule has 4 heterocycles. The summed E-state index contributed by atoms with van der Waals surface area (Å²) in [7, 11) is 3.01. The summed E-state index contributed by atoms with van der Waals surface area (Å²) in [5, 5.41) is 60.7. The average molecular weight is 981 g/mol. The Balaban J connectivity index is 0.000000952. The number of H-pyrrole nitrogens is 1. The standard InChI is InChI=1S/C36H60N6O11.2C2HF3O2/c1-4-5-6-7-8-9-10-11-12-13-14-15-18-38-32(48)22-16-19-40(2)25(33(49)41(22)3)30(53-35-29(47)26(44)23(21-37)51-35)31-27(45)28(46)34(52-31)42-20-17-24(43)39-36(42)50;2*3-2(4,5)1(6)7/h16-17,20,23,25-31,34-35,44-47H,4-15,18-19,21,37H2,1-3H3,(H,38,48)(H,39,43,50);2*(H,6,7)/t23-,25+,26-,27+,28-,29-,30+,31+,34-,35+;;/m1../s1. The van der Waals surface area contributed by atoms with Crippen LogP contribution in [0, 0.1) is 0 Å². The zero-order chi connectivity index (χ0) is 50.8. The van der Waals surface area contributed by atoms with Crippen LogP contribution >= 0.6 is 0 Å². The van der Waals surface area contributed by atoms with Crippen LogP contribution in [-0.4, -0.2) is 175 Å². The number of amides is 2. The highest BCUT2D eigenvalue weighted by atomic mass is 19.4. The van der Waals surface area contributed by atoms with Crippen LogP contribution in [0.15, 0.2) is 33.6 Å². The first-order valence-electron chi connectivity index (χ1n) is 21.6. The van der Waals surface area contributed by atoms with Gasteiger partial charge in [0.2, 0.25) is 5.91 Å². The number of aliphatic hydroxyl groups excluding tert-OH is 4. The molecule has 3 aliphatic heterocycles. The number of aromatic amines is 1. The van der Waals surface area contributed by atoms with E-state index in [4.69, 9.17) is 39.7 Å². The Kier molecular flexibility index (Phi) is 24.1. The summed E-state index contributed by atoms with van der Waals surface area (Å²) in [5.74, 6) is -6.59. The molecular weight excluding hydrogens is 918 g/mol. The highest BCUT2D eigenvalue weighted by molar-refractivity contribution is 5.99. The minimum Gasteiger partial charge on any atom is -0.475 e. The van der Waals surface area contributed by atoms with Crippen molar-refractivity contribution in [1.82, 2.24) is 24.7 Å². The summed E-state index contributed by atoms with van der Waals surface area (Å²) in [6.45, 7) is 2.57. The van der Waals surface area contributed by atoms with Crippen molar-refractivity contribution in [2.45, 2.75) is 158 Å². The van der Waals surface area contributed by atoms with E-state index in [0.717, 1.165) is 42.5 Å². The molecule has 2 amide bonds. The van der Waals surface area contributed by atoms with Gasteiger partial charge in [-0.25, -0.2) is 14.4 Å². The number of aliphatic carboxylic acids is 2. The molecule has 1 aromatic rings. The van der Waals surface area contributed by atoms with E-state index in [2.05, 4.69) is 17.2 Å². The number of hydrogen-bond acceptors (Lipinski definition) is 15. The van der Waals surface area contributed by atoms with E-state index in [-0.39, 0.29) is 18.8 Å². The lowest BCUT2D eigenvalue weighted by molar-refractivity contribution is -0.232. The van der Waals surface area contributed by atoms with Gasteiger partial charge in [-0.15, -0.1) is 0 Å². The number of carboxylic acid groups (broad SMARTS) is 2. The van der Waals surface area contributed by atoms with Gasteiger partial charge in [0.05, 0.1) is 0 Å². The molecule has 2 saturated heterocycles. The first-order valence-corrected chi connectivity index (χ1v) is 21.6. The largest absolute Gasteiger partial charge is 0.490 e. The molecule has 0 bridgehead atoms. The first kappa shape index (κ1) is 58.6. The number of rotatable bonds is 20. The first-order chi connectivity index (χ1) is 31.3. The molecule has 4 rings (SSSR count). The Morgan fingerprint density at radius 1 is 0.821 bits per heavy atom. The number of nitrogens with two attached hydrogens (primary N) is 1. The fraction of sp³-hybridized carbons (Fsp3) is 0.750. The van der Waals surface area contributed by atoms with Crippen LogP contribution in [-0.2, 0) is 33.4 Å². The van der Waals surface area contributed by atoms with Crippen molar-refractivity contribution < 1.29 is 90.4 Å². The van der Waals surface area contributed by atoms with Gasteiger partial charge in [-0.1, -0.05) is 77.6 Å². The third-order valence-corrected chi connectivity index (χ3v) is 10.9. The summed E-state index contributed by atoms with van der Waals surface area (Å²) < 4.78 is 82.2. The second kappa shape index (κ2) is 27.5. The van der Waals surface area contributed by atoms with E-state index in [1.165, 1.54) is 63.3 Å². The molecule has 0 spiro atoms. The monoisotopic (exact) mass is 980 g/mol. The molecule has 10 N–H and O–H groups in total. The predicted octanol–water partition coefficient (Wildman–Crippen LogP) is 0.687. The number of ether oxygens (including phenoxy) is 3. The molecule has 0 radical (unpaired) electrons. The van der Waals surface area contributed by atoms with Gasteiger partial charge in [-0.3, -0.25) is 28.8 Å². The number of likely N-dealkylation sites (N-methyl/N-ethyl adjacent to an activating group) is 2. The quantitative estimate of drug-likeness (QED) is 0.0641. The topological polar surface area (TPSA) is 317 Å². The van der Waals surface area contributed by atoms with Crippen LogP contribution in [0.4, 0.5) is 26.3 Å². The van der Waals surface area contributed by atoms with Crippen molar-refractivity contribution >= 4 is 23.8 Å². The fourth-order valence-electron chi connectivity index (χ4n) is 7.20. The number of carboxylic acids is 2. The molecule has 0 unspecified atom stereocenters. The second-order valence-electron chi connectivity index (χ2n) is 16.0. The molecule has 10 atom stereocenters. The minimum absolute atomic E-state index is 0.0677. The number of carbonyl (C=O) groups excluding carboxylic acids is 2.